The number of rotatable bonds is 9. The highest BCUT2D eigenvalue weighted by Crippen LogP contribution is 2.15. The fourth-order valence-electron chi connectivity index (χ4n) is 3.48. The molecular formula is C21H30N4O3. The second-order valence-corrected chi connectivity index (χ2v) is 7.16. The summed E-state index contributed by atoms with van der Waals surface area (Å²) in [5, 5.41) is 8.21. The first kappa shape index (κ1) is 20.3. The summed E-state index contributed by atoms with van der Waals surface area (Å²) < 4.78 is 11.0. The molecule has 1 amide bonds. The number of carbonyl (C=O) groups is 1. The van der Waals surface area contributed by atoms with Gasteiger partial charge in [-0.05, 0) is 37.1 Å². The summed E-state index contributed by atoms with van der Waals surface area (Å²) in [7, 11) is 1.66. The SMILES string of the molecule is CCCN1CCN(C(=O)CCc2nnc(CCc3cccc(OC)c3)o2)CC1. The maximum Gasteiger partial charge on any atom is 0.223 e. The summed E-state index contributed by atoms with van der Waals surface area (Å²) in [5.74, 6) is 2.17. The van der Waals surface area contributed by atoms with Crippen molar-refractivity contribution in [2.45, 2.75) is 39.0 Å². The molecule has 1 aromatic heterocycles. The smallest absolute Gasteiger partial charge is 0.223 e. The summed E-state index contributed by atoms with van der Waals surface area (Å²) in [6.45, 7) is 6.86. The Morgan fingerprint density at radius 1 is 1.11 bits per heavy atom. The number of aromatic nitrogens is 2. The molecular weight excluding hydrogens is 356 g/mol. The van der Waals surface area contributed by atoms with Crippen molar-refractivity contribution in [3.63, 3.8) is 0 Å². The lowest BCUT2D eigenvalue weighted by Gasteiger charge is -2.34. The number of aryl methyl sites for hydroxylation is 3. The van der Waals surface area contributed by atoms with Gasteiger partial charge in [0.05, 0.1) is 7.11 Å². The predicted octanol–water partition coefficient (Wildman–Crippen LogP) is 2.35. The van der Waals surface area contributed by atoms with Gasteiger partial charge in [-0.1, -0.05) is 19.1 Å². The summed E-state index contributed by atoms with van der Waals surface area (Å²) in [5.41, 5.74) is 1.16. The summed E-state index contributed by atoms with van der Waals surface area (Å²) in [6.07, 6.45) is 3.56. The maximum absolute atomic E-state index is 12.4. The molecule has 0 N–H and O–H groups in total. The number of benzene rings is 1. The first-order valence-electron chi connectivity index (χ1n) is 10.1. The second-order valence-electron chi connectivity index (χ2n) is 7.16. The minimum atomic E-state index is 0.173. The molecule has 1 aromatic carbocycles. The Balaban J connectivity index is 1.41. The Kier molecular flexibility index (Phi) is 7.42. The molecule has 1 aliphatic heterocycles. The molecule has 1 aliphatic rings. The molecule has 2 aromatic rings. The topological polar surface area (TPSA) is 71.7 Å². The highest BCUT2D eigenvalue weighted by molar-refractivity contribution is 5.76. The van der Waals surface area contributed by atoms with Crippen LogP contribution in [0.3, 0.4) is 0 Å². The standard InChI is InChI=1S/C21H30N4O3/c1-3-11-24-12-14-25(15-13-24)21(26)10-9-20-23-22-19(28-20)8-7-17-5-4-6-18(16-17)27-2/h4-6,16H,3,7-15H2,1-2H3. The van der Waals surface area contributed by atoms with Gasteiger partial charge in [0.2, 0.25) is 17.7 Å². The van der Waals surface area contributed by atoms with Crippen molar-refractivity contribution < 1.29 is 13.9 Å². The van der Waals surface area contributed by atoms with Gasteiger partial charge >= 0.3 is 0 Å². The molecule has 0 bridgehead atoms. The van der Waals surface area contributed by atoms with Crippen LogP contribution in [0.25, 0.3) is 0 Å². The van der Waals surface area contributed by atoms with E-state index in [0.29, 0.717) is 31.0 Å². The van der Waals surface area contributed by atoms with Gasteiger partial charge in [0.25, 0.3) is 0 Å². The fourth-order valence-corrected chi connectivity index (χ4v) is 3.48. The van der Waals surface area contributed by atoms with Crippen molar-refractivity contribution in [1.29, 1.82) is 0 Å². The van der Waals surface area contributed by atoms with Gasteiger partial charge in [0.15, 0.2) is 0 Å². The zero-order valence-electron chi connectivity index (χ0n) is 16.9. The molecule has 2 heterocycles. The largest absolute Gasteiger partial charge is 0.497 e. The van der Waals surface area contributed by atoms with Gasteiger partial charge in [0.1, 0.15) is 5.75 Å². The van der Waals surface area contributed by atoms with Crippen LogP contribution in [0, 0.1) is 0 Å². The normalized spacial score (nSPS) is 15.0. The first-order chi connectivity index (χ1) is 13.7. The van der Waals surface area contributed by atoms with Crippen LogP contribution in [0.2, 0.25) is 0 Å². The van der Waals surface area contributed by atoms with Crippen LogP contribution in [-0.2, 0) is 24.1 Å². The Morgan fingerprint density at radius 2 is 1.86 bits per heavy atom. The summed E-state index contributed by atoms with van der Waals surface area (Å²) in [4.78, 5) is 16.8. The third-order valence-electron chi connectivity index (χ3n) is 5.09. The van der Waals surface area contributed by atoms with Crippen molar-refractivity contribution in [2.24, 2.45) is 0 Å². The van der Waals surface area contributed by atoms with E-state index in [0.717, 1.165) is 56.9 Å². The molecule has 0 unspecified atom stereocenters. The summed E-state index contributed by atoms with van der Waals surface area (Å²) >= 11 is 0. The molecule has 1 saturated heterocycles. The van der Waals surface area contributed by atoms with Gasteiger partial charge < -0.3 is 14.1 Å². The lowest BCUT2D eigenvalue weighted by atomic mass is 10.1. The van der Waals surface area contributed by atoms with E-state index >= 15 is 0 Å². The van der Waals surface area contributed by atoms with Gasteiger partial charge in [-0.15, -0.1) is 10.2 Å². The Bertz CT molecular complexity index is 754. The molecule has 0 aliphatic carbocycles. The molecule has 0 radical (unpaired) electrons. The number of ether oxygens (including phenoxy) is 1. The van der Waals surface area contributed by atoms with Gasteiger partial charge in [-0.3, -0.25) is 9.69 Å². The monoisotopic (exact) mass is 386 g/mol. The molecule has 7 nitrogen and oxygen atoms in total. The van der Waals surface area contributed by atoms with E-state index in [1.54, 1.807) is 7.11 Å². The lowest BCUT2D eigenvalue weighted by molar-refractivity contribution is -0.133. The number of carbonyl (C=O) groups excluding carboxylic acids is 1. The van der Waals surface area contributed by atoms with E-state index in [4.69, 9.17) is 9.15 Å². The average molecular weight is 386 g/mol. The van der Waals surface area contributed by atoms with E-state index in [9.17, 15) is 4.79 Å². The fraction of sp³-hybridized carbons (Fsp3) is 0.571. The minimum absolute atomic E-state index is 0.173. The molecule has 0 saturated carbocycles. The van der Waals surface area contributed by atoms with Gasteiger partial charge in [0, 0.05) is 45.4 Å². The van der Waals surface area contributed by atoms with Gasteiger partial charge in [-0.25, -0.2) is 0 Å². The van der Waals surface area contributed by atoms with Crippen LogP contribution in [0.15, 0.2) is 28.7 Å². The van der Waals surface area contributed by atoms with E-state index in [1.165, 1.54) is 0 Å². The highest BCUT2D eigenvalue weighted by Gasteiger charge is 2.21. The Labute approximate surface area is 166 Å². The average Bonchev–Trinajstić information content (AvgIpc) is 3.19. The van der Waals surface area contributed by atoms with Crippen molar-refractivity contribution >= 4 is 5.91 Å². The first-order valence-corrected chi connectivity index (χ1v) is 10.1. The number of amides is 1. The molecule has 7 heteroatoms. The van der Waals surface area contributed by atoms with E-state index in [1.807, 2.05) is 23.1 Å². The Morgan fingerprint density at radius 3 is 2.57 bits per heavy atom. The highest BCUT2D eigenvalue weighted by atomic mass is 16.5. The zero-order chi connectivity index (χ0) is 19.8. The predicted molar refractivity (Wildman–Crippen MR) is 106 cm³/mol. The second kappa shape index (κ2) is 10.2. The molecule has 1 fully saturated rings. The number of piperazine rings is 1. The molecule has 0 atom stereocenters. The molecule has 3 rings (SSSR count). The van der Waals surface area contributed by atoms with Crippen molar-refractivity contribution in [3.05, 3.63) is 41.6 Å². The number of hydrogen-bond acceptors (Lipinski definition) is 6. The van der Waals surface area contributed by atoms with E-state index < -0.39 is 0 Å². The van der Waals surface area contributed by atoms with Crippen molar-refractivity contribution in [1.82, 2.24) is 20.0 Å². The molecule has 0 spiro atoms. The van der Waals surface area contributed by atoms with Gasteiger partial charge in [-0.2, -0.15) is 0 Å². The maximum atomic E-state index is 12.4. The Hall–Kier alpha value is -2.41. The number of nitrogens with zero attached hydrogens (tertiary/aromatic N) is 4. The van der Waals surface area contributed by atoms with E-state index in [-0.39, 0.29) is 5.91 Å². The minimum Gasteiger partial charge on any atom is -0.497 e. The quantitative estimate of drug-likeness (QED) is 0.659. The van der Waals surface area contributed by atoms with Crippen LogP contribution in [0.1, 0.15) is 37.1 Å². The molecule has 28 heavy (non-hydrogen) atoms. The van der Waals surface area contributed by atoms with Crippen LogP contribution >= 0.6 is 0 Å². The molecule has 152 valence electrons. The van der Waals surface area contributed by atoms with Crippen LogP contribution in [0.4, 0.5) is 0 Å². The van der Waals surface area contributed by atoms with Crippen molar-refractivity contribution in [3.8, 4) is 5.75 Å². The number of hydrogen-bond donors (Lipinski definition) is 0. The van der Waals surface area contributed by atoms with Crippen LogP contribution < -0.4 is 4.74 Å². The van der Waals surface area contributed by atoms with Crippen molar-refractivity contribution in [2.75, 3.05) is 39.8 Å². The zero-order valence-corrected chi connectivity index (χ0v) is 16.9. The van der Waals surface area contributed by atoms with Crippen LogP contribution in [0.5, 0.6) is 5.75 Å². The van der Waals surface area contributed by atoms with Crippen LogP contribution in [-0.4, -0.2) is 65.7 Å². The third-order valence-corrected chi connectivity index (χ3v) is 5.09. The summed E-state index contributed by atoms with van der Waals surface area (Å²) in [6, 6.07) is 7.96. The van der Waals surface area contributed by atoms with E-state index in [2.05, 4.69) is 28.1 Å². The third kappa shape index (κ3) is 5.79. The lowest BCUT2D eigenvalue weighted by Crippen LogP contribution is -2.48. The number of methoxy groups -OCH3 is 1.